The van der Waals surface area contributed by atoms with Crippen molar-refractivity contribution < 1.29 is 18.3 Å². The van der Waals surface area contributed by atoms with Gasteiger partial charge < -0.3 is 15.0 Å². The molecule has 1 aromatic carbocycles. The van der Waals surface area contributed by atoms with Gasteiger partial charge in [-0.3, -0.25) is 4.79 Å². The topological polar surface area (TPSA) is 84.7 Å². The molecule has 5 rings (SSSR count). The number of halogens is 2. The Morgan fingerprint density at radius 1 is 1.22 bits per heavy atom. The minimum absolute atomic E-state index is 0.168. The lowest BCUT2D eigenvalue weighted by Gasteiger charge is -2.24. The summed E-state index contributed by atoms with van der Waals surface area (Å²) in [5.74, 6) is -0.691. The quantitative estimate of drug-likeness (QED) is 0.452. The number of carbonyl (C=O) groups excluding carboxylic acids is 1. The Bertz CT molecular complexity index is 1500. The maximum atomic E-state index is 15.3. The summed E-state index contributed by atoms with van der Waals surface area (Å²) in [4.78, 5) is 23.6. The average Bonchev–Trinajstić information content (AvgIpc) is 3.26. The van der Waals surface area contributed by atoms with E-state index in [1.807, 2.05) is 13.0 Å². The van der Waals surface area contributed by atoms with Crippen LogP contribution in [0.4, 0.5) is 14.6 Å². The third-order valence-electron chi connectivity index (χ3n) is 5.90. The summed E-state index contributed by atoms with van der Waals surface area (Å²) in [5, 5.41) is 7.13. The van der Waals surface area contributed by atoms with Crippen LogP contribution in [-0.2, 0) is 6.54 Å². The van der Waals surface area contributed by atoms with Crippen molar-refractivity contribution in [2.75, 3.05) is 18.5 Å². The van der Waals surface area contributed by atoms with Gasteiger partial charge in [-0.1, -0.05) is 24.3 Å². The normalized spacial score (nSPS) is 16.3. The van der Waals surface area contributed by atoms with Crippen LogP contribution in [0.25, 0.3) is 22.9 Å². The first-order valence-corrected chi connectivity index (χ1v) is 11.5. The van der Waals surface area contributed by atoms with Gasteiger partial charge in [0.15, 0.2) is 5.65 Å². The van der Waals surface area contributed by atoms with Gasteiger partial charge in [0.25, 0.3) is 5.91 Å². The largest absolute Gasteiger partial charge is 0.473 e. The fourth-order valence-electron chi connectivity index (χ4n) is 4.26. The molecule has 0 aliphatic carbocycles. The first-order valence-electron chi connectivity index (χ1n) is 11.5. The molecule has 1 N–H and O–H groups in total. The molecular formula is C26H24F2N6O2. The van der Waals surface area contributed by atoms with E-state index in [0.29, 0.717) is 33.7 Å². The van der Waals surface area contributed by atoms with Gasteiger partial charge in [-0.2, -0.15) is 5.10 Å². The van der Waals surface area contributed by atoms with Crippen LogP contribution in [0.1, 0.15) is 35.3 Å². The van der Waals surface area contributed by atoms with Crippen LogP contribution in [0, 0.1) is 11.6 Å². The number of anilines is 1. The Labute approximate surface area is 206 Å². The summed E-state index contributed by atoms with van der Waals surface area (Å²) >= 11 is 0. The standard InChI is InChI=1S/C26H24F2N6O2/c1-4-6-16-7-5-8-21(28)22(16)20-14-34-24-19(12-31-34)25(35)29-10-15(2)36-26-17(9-18(27)11-30-26)13-33(3)23(20)32-24/h4-9,11-12,14-15H,10,13H2,1-3H3,(H,29,35)/b6-4+/t15-/m0/s1. The number of carbonyl (C=O) groups is 1. The summed E-state index contributed by atoms with van der Waals surface area (Å²) < 4.78 is 36.8. The number of rotatable bonds is 2. The first-order chi connectivity index (χ1) is 17.4. The summed E-state index contributed by atoms with van der Waals surface area (Å²) in [7, 11) is 1.76. The molecule has 1 atom stereocenters. The van der Waals surface area contributed by atoms with Crippen molar-refractivity contribution in [1.82, 2.24) is 24.9 Å². The van der Waals surface area contributed by atoms with Crippen molar-refractivity contribution >= 4 is 23.4 Å². The second-order valence-electron chi connectivity index (χ2n) is 8.62. The number of nitrogens with one attached hydrogen (secondary N) is 1. The predicted octanol–water partition coefficient (Wildman–Crippen LogP) is 4.25. The minimum atomic E-state index is -0.512. The van der Waals surface area contributed by atoms with E-state index >= 15 is 4.39 Å². The van der Waals surface area contributed by atoms with Gasteiger partial charge >= 0.3 is 0 Å². The molecule has 0 spiro atoms. The van der Waals surface area contributed by atoms with Crippen molar-refractivity contribution in [3.8, 4) is 17.0 Å². The van der Waals surface area contributed by atoms with E-state index in [1.165, 1.54) is 22.8 Å². The zero-order valence-corrected chi connectivity index (χ0v) is 20.0. The zero-order chi connectivity index (χ0) is 25.4. The van der Waals surface area contributed by atoms with Crippen molar-refractivity contribution in [3.63, 3.8) is 0 Å². The molecule has 1 aliphatic rings. The second-order valence-corrected chi connectivity index (χ2v) is 8.62. The molecular weight excluding hydrogens is 466 g/mol. The molecule has 4 aromatic rings. The fraction of sp³-hybridized carbons (Fsp3) is 0.231. The third-order valence-corrected chi connectivity index (χ3v) is 5.90. The van der Waals surface area contributed by atoms with Gasteiger partial charge in [0.05, 0.1) is 18.9 Å². The molecule has 1 amide bonds. The van der Waals surface area contributed by atoms with Crippen LogP contribution < -0.4 is 15.0 Å². The molecule has 0 saturated carbocycles. The Hall–Kier alpha value is -4.34. The van der Waals surface area contributed by atoms with Gasteiger partial charge in [0, 0.05) is 36.5 Å². The van der Waals surface area contributed by atoms with Crippen LogP contribution in [0.2, 0.25) is 0 Å². The van der Waals surface area contributed by atoms with Crippen LogP contribution in [0.5, 0.6) is 5.88 Å². The number of allylic oxidation sites excluding steroid dienone is 1. The van der Waals surface area contributed by atoms with E-state index < -0.39 is 17.7 Å². The molecule has 0 radical (unpaired) electrons. The molecule has 0 unspecified atom stereocenters. The summed E-state index contributed by atoms with van der Waals surface area (Å²) in [6.45, 7) is 3.99. The van der Waals surface area contributed by atoms with Crippen LogP contribution in [0.3, 0.4) is 0 Å². The van der Waals surface area contributed by atoms with Gasteiger partial charge in [-0.05, 0) is 31.5 Å². The monoisotopic (exact) mass is 490 g/mol. The highest BCUT2D eigenvalue weighted by atomic mass is 19.1. The molecule has 0 fully saturated rings. The van der Waals surface area contributed by atoms with Crippen LogP contribution in [-0.4, -0.2) is 45.2 Å². The van der Waals surface area contributed by atoms with E-state index in [4.69, 9.17) is 9.72 Å². The number of ether oxygens (including phenoxy) is 1. The van der Waals surface area contributed by atoms with E-state index in [2.05, 4.69) is 15.4 Å². The lowest BCUT2D eigenvalue weighted by molar-refractivity contribution is 0.0932. The molecule has 4 heterocycles. The van der Waals surface area contributed by atoms with Crippen LogP contribution >= 0.6 is 0 Å². The van der Waals surface area contributed by atoms with Gasteiger partial charge in [0.1, 0.15) is 29.1 Å². The van der Waals surface area contributed by atoms with Crippen molar-refractivity contribution in [1.29, 1.82) is 0 Å². The third kappa shape index (κ3) is 4.26. The molecule has 36 heavy (non-hydrogen) atoms. The first kappa shape index (κ1) is 23.4. The SMILES string of the molecule is C/C=C/c1cccc(F)c1-c1cn2ncc3c2nc1N(C)Cc1cc(F)cnc1O[C@@H](C)CNC3=O. The molecule has 0 saturated heterocycles. The number of hydrogen-bond acceptors (Lipinski definition) is 6. The lowest BCUT2D eigenvalue weighted by Crippen LogP contribution is -2.34. The molecule has 184 valence electrons. The molecule has 1 aliphatic heterocycles. The number of aromatic nitrogens is 4. The average molecular weight is 491 g/mol. The Kier molecular flexibility index (Phi) is 6.09. The second kappa shape index (κ2) is 9.37. The highest BCUT2D eigenvalue weighted by molar-refractivity contribution is 6.00. The van der Waals surface area contributed by atoms with Gasteiger partial charge in [-0.25, -0.2) is 23.3 Å². The van der Waals surface area contributed by atoms with E-state index in [0.717, 1.165) is 6.20 Å². The molecule has 10 heteroatoms. The lowest BCUT2D eigenvalue weighted by atomic mass is 9.99. The van der Waals surface area contributed by atoms with Crippen molar-refractivity contribution in [2.45, 2.75) is 26.5 Å². The van der Waals surface area contributed by atoms with Gasteiger partial charge in [0.2, 0.25) is 5.88 Å². The highest BCUT2D eigenvalue weighted by Crippen LogP contribution is 2.36. The van der Waals surface area contributed by atoms with Crippen molar-refractivity contribution in [2.24, 2.45) is 0 Å². The number of benzene rings is 1. The van der Waals surface area contributed by atoms with E-state index in [-0.39, 0.29) is 30.4 Å². The zero-order valence-electron chi connectivity index (χ0n) is 20.0. The maximum absolute atomic E-state index is 15.3. The minimum Gasteiger partial charge on any atom is -0.473 e. The Morgan fingerprint density at radius 3 is 2.86 bits per heavy atom. The summed E-state index contributed by atoms with van der Waals surface area (Å²) in [5.41, 5.74) is 2.51. The number of pyridine rings is 1. The summed E-state index contributed by atoms with van der Waals surface area (Å²) in [6.07, 6.45) is 7.36. The number of amides is 1. The fourth-order valence-corrected chi connectivity index (χ4v) is 4.26. The maximum Gasteiger partial charge on any atom is 0.256 e. The molecule has 2 bridgehead atoms. The van der Waals surface area contributed by atoms with Crippen LogP contribution in [0.15, 0.2) is 48.9 Å². The predicted molar refractivity (Wildman–Crippen MR) is 132 cm³/mol. The highest BCUT2D eigenvalue weighted by Gasteiger charge is 2.24. The summed E-state index contributed by atoms with van der Waals surface area (Å²) in [6, 6.07) is 6.17. The Morgan fingerprint density at radius 2 is 2.06 bits per heavy atom. The molecule has 3 aromatic heterocycles. The number of nitrogens with zero attached hydrogens (tertiary/aromatic N) is 5. The van der Waals surface area contributed by atoms with E-state index in [1.54, 1.807) is 43.3 Å². The molecule has 8 nitrogen and oxygen atoms in total. The van der Waals surface area contributed by atoms with Gasteiger partial charge in [-0.15, -0.1) is 0 Å². The smallest absolute Gasteiger partial charge is 0.256 e. The van der Waals surface area contributed by atoms with E-state index in [9.17, 15) is 9.18 Å². The number of fused-ring (bicyclic) bond motifs is 2. The number of hydrogen-bond donors (Lipinski definition) is 1. The Balaban J connectivity index is 1.77. The van der Waals surface area contributed by atoms with Crippen molar-refractivity contribution in [3.05, 3.63) is 77.3 Å².